The van der Waals surface area contributed by atoms with Crippen LogP contribution in [0.25, 0.3) is 0 Å². The Morgan fingerprint density at radius 3 is 2.26 bits per heavy atom. The minimum Gasteiger partial charge on any atom is -0.497 e. The van der Waals surface area contributed by atoms with Gasteiger partial charge < -0.3 is 20.1 Å². The van der Waals surface area contributed by atoms with Crippen LogP contribution in [0.4, 0.5) is 11.4 Å². The lowest BCUT2D eigenvalue weighted by Crippen LogP contribution is -2.20. The van der Waals surface area contributed by atoms with Crippen LogP contribution < -0.4 is 20.1 Å². The highest BCUT2D eigenvalue weighted by Gasteiger charge is 2.08. The molecule has 2 aromatic rings. The van der Waals surface area contributed by atoms with Crippen molar-refractivity contribution < 1.29 is 9.47 Å². The van der Waals surface area contributed by atoms with Gasteiger partial charge >= 0.3 is 0 Å². The number of hydrogen-bond donors (Lipinski definition) is 2. The van der Waals surface area contributed by atoms with Gasteiger partial charge in [-0.1, -0.05) is 25.1 Å². The van der Waals surface area contributed by atoms with E-state index >= 15 is 0 Å². The van der Waals surface area contributed by atoms with Crippen LogP contribution in [-0.2, 0) is 6.42 Å². The highest BCUT2D eigenvalue weighted by molar-refractivity contribution is 7.80. The molecular formula is C18H22N2O2S. The summed E-state index contributed by atoms with van der Waals surface area (Å²) >= 11 is 5.44. The average Bonchev–Trinajstić information content (AvgIpc) is 2.56. The number of aryl methyl sites for hydroxylation is 2. The molecule has 0 saturated heterocycles. The Labute approximate surface area is 142 Å². The minimum atomic E-state index is 0.532. The third kappa shape index (κ3) is 4.36. The summed E-state index contributed by atoms with van der Waals surface area (Å²) in [5.74, 6) is 1.42. The van der Waals surface area contributed by atoms with Gasteiger partial charge in [0.1, 0.15) is 11.5 Å². The molecule has 5 heteroatoms. The van der Waals surface area contributed by atoms with Crippen molar-refractivity contribution >= 4 is 28.7 Å². The first kappa shape index (κ1) is 17.1. The van der Waals surface area contributed by atoms with E-state index in [0.717, 1.165) is 23.4 Å². The molecule has 0 saturated carbocycles. The van der Waals surface area contributed by atoms with E-state index in [1.54, 1.807) is 14.2 Å². The van der Waals surface area contributed by atoms with Crippen molar-refractivity contribution in [3.63, 3.8) is 0 Å². The first-order valence-electron chi connectivity index (χ1n) is 7.47. The van der Waals surface area contributed by atoms with Crippen LogP contribution in [0.2, 0.25) is 0 Å². The summed E-state index contributed by atoms with van der Waals surface area (Å²) in [6.07, 6.45) is 0.944. The molecule has 0 unspecified atom stereocenters. The molecule has 4 nitrogen and oxygen atoms in total. The molecule has 0 aliphatic heterocycles. The zero-order chi connectivity index (χ0) is 16.8. The van der Waals surface area contributed by atoms with Crippen LogP contribution >= 0.6 is 12.2 Å². The third-order valence-corrected chi connectivity index (χ3v) is 3.79. The van der Waals surface area contributed by atoms with Crippen LogP contribution in [-0.4, -0.2) is 19.3 Å². The summed E-state index contributed by atoms with van der Waals surface area (Å²) in [7, 11) is 3.24. The van der Waals surface area contributed by atoms with Crippen molar-refractivity contribution in [2.45, 2.75) is 20.3 Å². The Bertz CT molecular complexity index is 679. The van der Waals surface area contributed by atoms with Crippen LogP contribution in [0.5, 0.6) is 11.5 Å². The van der Waals surface area contributed by atoms with Gasteiger partial charge in [-0.3, -0.25) is 0 Å². The molecule has 2 N–H and O–H groups in total. The highest BCUT2D eigenvalue weighted by Crippen LogP contribution is 2.26. The second kappa shape index (κ2) is 7.83. The maximum absolute atomic E-state index is 5.44. The van der Waals surface area contributed by atoms with Gasteiger partial charge in [-0.2, -0.15) is 0 Å². The number of thiocarbonyl (C=S) groups is 1. The fraction of sp³-hybridized carbons (Fsp3) is 0.278. The predicted molar refractivity (Wildman–Crippen MR) is 99.9 cm³/mol. The molecule has 23 heavy (non-hydrogen) atoms. The number of para-hydroxylation sites is 1. The summed E-state index contributed by atoms with van der Waals surface area (Å²) in [6, 6.07) is 11.8. The maximum atomic E-state index is 5.44. The second-order valence-electron chi connectivity index (χ2n) is 5.14. The lowest BCUT2D eigenvalue weighted by atomic mass is 10.1. The SMILES string of the molecule is CCc1cccc(C)c1NC(=S)Nc1cc(OC)cc(OC)c1. The Kier molecular flexibility index (Phi) is 5.82. The largest absolute Gasteiger partial charge is 0.497 e. The fourth-order valence-corrected chi connectivity index (χ4v) is 2.58. The first-order chi connectivity index (χ1) is 11.1. The molecule has 0 fully saturated rings. The van der Waals surface area contributed by atoms with Crippen molar-refractivity contribution in [1.29, 1.82) is 0 Å². The van der Waals surface area contributed by atoms with Crippen molar-refractivity contribution in [3.05, 3.63) is 47.5 Å². The van der Waals surface area contributed by atoms with E-state index in [0.29, 0.717) is 16.6 Å². The summed E-state index contributed by atoms with van der Waals surface area (Å²) < 4.78 is 10.5. The van der Waals surface area contributed by atoms with E-state index in [9.17, 15) is 0 Å². The molecule has 122 valence electrons. The van der Waals surface area contributed by atoms with Gasteiger partial charge in [-0.25, -0.2) is 0 Å². The molecule has 0 aliphatic rings. The second-order valence-corrected chi connectivity index (χ2v) is 5.55. The quantitative estimate of drug-likeness (QED) is 0.796. The van der Waals surface area contributed by atoms with Crippen molar-refractivity contribution in [2.24, 2.45) is 0 Å². The normalized spacial score (nSPS) is 10.1. The maximum Gasteiger partial charge on any atom is 0.175 e. The van der Waals surface area contributed by atoms with Crippen LogP contribution in [0.15, 0.2) is 36.4 Å². The number of anilines is 2. The van der Waals surface area contributed by atoms with Gasteiger partial charge in [0.2, 0.25) is 0 Å². The molecule has 0 aliphatic carbocycles. The Balaban J connectivity index is 2.17. The number of hydrogen-bond acceptors (Lipinski definition) is 3. The number of nitrogens with one attached hydrogen (secondary N) is 2. The van der Waals surface area contributed by atoms with Crippen LogP contribution in [0, 0.1) is 6.92 Å². The third-order valence-electron chi connectivity index (χ3n) is 3.59. The monoisotopic (exact) mass is 330 g/mol. The van der Waals surface area contributed by atoms with E-state index in [2.05, 4.69) is 42.7 Å². The minimum absolute atomic E-state index is 0.532. The zero-order valence-electron chi connectivity index (χ0n) is 13.9. The van der Waals surface area contributed by atoms with Crippen molar-refractivity contribution in [2.75, 3.05) is 24.9 Å². The number of methoxy groups -OCH3 is 2. The van der Waals surface area contributed by atoms with Crippen LogP contribution in [0.1, 0.15) is 18.1 Å². The number of ether oxygens (including phenoxy) is 2. The molecule has 0 heterocycles. The lowest BCUT2D eigenvalue weighted by Gasteiger charge is -2.16. The van der Waals surface area contributed by atoms with E-state index in [1.807, 2.05) is 18.2 Å². The summed E-state index contributed by atoms with van der Waals surface area (Å²) in [4.78, 5) is 0. The molecular weight excluding hydrogens is 308 g/mol. The zero-order valence-corrected chi connectivity index (χ0v) is 14.7. The Morgan fingerprint density at radius 2 is 1.70 bits per heavy atom. The summed E-state index contributed by atoms with van der Waals surface area (Å²) in [5, 5.41) is 7.00. The van der Waals surface area contributed by atoms with Gasteiger partial charge in [0.05, 0.1) is 14.2 Å². The predicted octanol–water partition coefficient (Wildman–Crippen LogP) is 4.38. The molecule has 0 atom stereocenters. The van der Waals surface area contributed by atoms with Crippen molar-refractivity contribution in [3.8, 4) is 11.5 Å². The van der Waals surface area contributed by atoms with E-state index in [-0.39, 0.29) is 0 Å². The van der Waals surface area contributed by atoms with Gasteiger partial charge in [0.15, 0.2) is 5.11 Å². The summed E-state index contributed by atoms with van der Waals surface area (Å²) in [6.45, 7) is 4.20. The fourth-order valence-electron chi connectivity index (χ4n) is 2.36. The molecule has 2 aromatic carbocycles. The molecule has 0 bridgehead atoms. The van der Waals surface area contributed by atoms with E-state index < -0.39 is 0 Å². The van der Waals surface area contributed by atoms with E-state index in [1.165, 1.54) is 5.56 Å². The average molecular weight is 330 g/mol. The van der Waals surface area contributed by atoms with Gasteiger partial charge in [-0.05, 0) is 36.7 Å². The van der Waals surface area contributed by atoms with E-state index in [4.69, 9.17) is 21.7 Å². The molecule has 0 spiro atoms. The number of benzene rings is 2. The molecule has 0 aromatic heterocycles. The van der Waals surface area contributed by atoms with Crippen LogP contribution in [0.3, 0.4) is 0 Å². The molecule has 0 amide bonds. The van der Waals surface area contributed by atoms with Gasteiger partial charge in [0.25, 0.3) is 0 Å². The Morgan fingerprint density at radius 1 is 1.04 bits per heavy atom. The number of rotatable bonds is 5. The smallest absolute Gasteiger partial charge is 0.175 e. The van der Waals surface area contributed by atoms with Crippen molar-refractivity contribution in [1.82, 2.24) is 0 Å². The first-order valence-corrected chi connectivity index (χ1v) is 7.87. The molecule has 2 rings (SSSR count). The van der Waals surface area contributed by atoms with Gasteiger partial charge in [-0.15, -0.1) is 0 Å². The molecule has 0 radical (unpaired) electrons. The summed E-state index contributed by atoms with van der Waals surface area (Å²) in [5.41, 5.74) is 4.27. The topological polar surface area (TPSA) is 42.5 Å². The standard InChI is InChI=1S/C18H22N2O2S/c1-5-13-8-6-7-12(2)17(13)20-18(23)19-14-9-15(21-3)11-16(10-14)22-4/h6-11H,5H2,1-4H3,(H2,19,20,23). The lowest BCUT2D eigenvalue weighted by molar-refractivity contribution is 0.395. The highest BCUT2D eigenvalue weighted by atomic mass is 32.1. The van der Waals surface area contributed by atoms with Gasteiger partial charge in [0, 0.05) is 29.6 Å². The Hall–Kier alpha value is -2.27.